The van der Waals surface area contributed by atoms with Crippen molar-refractivity contribution in [2.75, 3.05) is 6.54 Å². The first-order valence-electron chi connectivity index (χ1n) is 6.74. The van der Waals surface area contributed by atoms with Crippen LogP contribution < -0.4 is 10.6 Å². The van der Waals surface area contributed by atoms with Gasteiger partial charge in [-0.25, -0.2) is 0 Å². The molecule has 3 nitrogen and oxygen atoms in total. The first kappa shape index (κ1) is 11.8. The minimum absolute atomic E-state index is 0.00926. The third kappa shape index (κ3) is 2.22. The van der Waals surface area contributed by atoms with Crippen LogP contribution in [-0.2, 0) is 4.79 Å². The van der Waals surface area contributed by atoms with E-state index in [1.165, 1.54) is 25.7 Å². The van der Waals surface area contributed by atoms with Gasteiger partial charge in [-0.05, 0) is 25.7 Å². The summed E-state index contributed by atoms with van der Waals surface area (Å²) in [5, 5.41) is 8.31. The number of carbonyl (C=O) groups excluding carboxylic acids is 1. The highest BCUT2D eigenvalue weighted by atomic mass is 32.2. The maximum Gasteiger partial charge on any atom is 0.237 e. The van der Waals surface area contributed by atoms with Crippen molar-refractivity contribution in [3.8, 4) is 0 Å². The van der Waals surface area contributed by atoms with Gasteiger partial charge in [0, 0.05) is 28.5 Å². The van der Waals surface area contributed by atoms with Gasteiger partial charge in [-0.2, -0.15) is 11.8 Å². The second-order valence-electron chi connectivity index (χ2n) is 6.43. The van der Waals surface area contributed by atoms with Crippen LogP contribution in [0.3, 0.4) is 0 Å². The molecule has 3 aliphatic heterocycles. The van der Waals surface area contributed by atoms with Gasteiger partial charge in [0.25, 0.3) is 0 Å². The maximum atomic E-state index is 11.9. The minimum atomic E-state index is 0.00926. The van der Waals surface area contributed by atoms with E-state index in [2.05, 4.69) is 36.2 Å². The minimum Gasteiger partial charge on any atom is -0.354 e. The second-order valence-corrected chi connectivity index (χ2v) is 8.04. The van der Waals surface area contributed by atoms with Crippen LogP contribution in [0.2, 0.25) is 0 Å². The number of carbonyl (C=O) groups is 1. The molecule has 96 valence electrons. The number of hydrogen-bond donors (Lipinski definition) is 2. The summed E-state index contributed by atoms with van der Waals surface area (Å²) < 4.78 is 0. The summed E-state index contributed by atoms with van der Waals surface area (Å²) in [5.74, 6) is 0.195. The number of thioether (sulfide) groups is 1. The zero-order valence-electron chi connectivity index (χ0n) is 10.7. The van der Waals surface area contributed by atoms with Crippen LogP contribution in [-0.4, -0.2) is 35.0 Å². The van der Waals surface area contributed by atoms with Crippen molar-refractivity contribution < 1.29 is 4.79 Å². The van der Waals surface area contributed by atoms with Gasteiger partial charge in [0.05, 0.1) is 6.04 Å². The summed E-state index contributed by atoms with van der Waals surface area (Å²) in [5.41, 5.74) is 0.0563. The zero-order chi connectivity index (χ0) is 12.0. The molecular weight excluding hydrogens is 232 g/mol. The molecule has 3 atom stereocenters. The van der Waals surface area contributed by atoms with Gasteiger partial charge in [-0.15, -0.1) is 0 Å². The summed E-state index contributed by atoms with van der Waals surface area (Å²) in [6.07, 6.45) is 5.27. The Labute approximate surface area is 107 Å². The molecule has 3 saturated heterocycles. The van der Waals surface area contributed by atoms with Crippen molar-refractivity contribution in [1.82, 2.24) is 10.6 Å². The van der Waals surface area contributed by atoms with Crippen molar-refractivity contribution in [3.63, 3.8) is 0 Å². The Morgan fingerprint density at radius 3 is 2.47 bits per heavy atom. The lowest BCUT2D eigenvalue weighted by atomic mass is 9.86. The normalized spacial score (nSPS) is 43.8. The molecule has 0 spiro atoms. The van der Waals surface area contributed by atoms with Crippen LogP contribution >= 0.6 is 11.8 Å². The molecule has 2 bridgehead atoms. The third-order valence-corrected chi connectivity index (χ3v) is 6.08. The summed E-state index contributed by atoms with van der Waals surface area (Å²) in [4.78, 5) is 11.9. The highest BCUT2D eigenvalue weighted by Gasteiger charge is 2.44. The van der Waals surface area contributed by atoms with Crippen LogP contribution in [0.25, 0.3) is 0 Å². The molecule has 3 rings (SSSR count). The summed E-state index contributed by atoms with van der Waals surface area (Å²) in [6.45, 7) is 5.15. The highest BCUT2D eigenvalue weighted by molar-refractivity contribution is 8.00. The van der Waals surface area contributed by atoms with Crippen molar-refractivity contribution in [3.05, 3.63) is 0 Å². The Morgan fingerprint density at radius 2 is 1.94 bits per heavy atom. The molecule has 3 unspecified atom stereocenters. The molecular formula is C13H22N2OS. The number of hydrogen-bond acceptors (Lipinski definition) is 3. The van der Waals surface area contributed by atoms with Crippen molar-refractivity contribution in [2.45, 2.75) is 62.1 Å². The van der Waals surface area contributed by atoms with Gasteiger partial charge in [-0.3, -0.25) is 4.79 Å². The molecule has 17 heavy (non-hydrogen) atoms. The maximum absolute atomic E-state index is 11.9. The van der Waals surface area contributed by atoms with E-state index in [-0.39, 0.29) is 17.4 Å². The summed E-state index contributed by atoms with van der Waals surface area (Å²) >= 11 is 2.17. The molecule has 0 aromatic rings. The molecule has 2 N–H and O–H groups in total. The van der Waals surface area contributed by atoms with Gasteiger partial charge >= 0.3 is 0 Å². The number of amides is 1. The average Bonchev–Trinajstić information content (AvgIpc) is 2.73. The lowest BCUT2D eigenvalue weighted by molar-refractivity contribution is -0.121. The quantitative estimate of drug-likeness (QED) is 0.785. The summed E-state index contributed by atoms with van der Waals surface area (Å²) in [7, 11) is 0. The Hall–Kier alpha value is -0.220. The molecule has 3 heterocycles. The monoisotopic (exact) mass is 254 g/mol. The molecule has 3 fully saturated rings. The van der Waals surface area contributed by atoms with Gasteiger partial charge in [0.15, 0.2) is 0 Å². The van der Waals surface area contributed by atoms with Crippen LogP contribution in [0.15, 0.2) is 0 Å². The van der Waals surface area contributed by atoms with Crippen LogP contribution in [0, 0.1) is 5.41 Å². The van der Waals surface area contributed by atoms with E-state index in [1.54, 1.807) is 0 Å². The Morgan fingerprint density at radius 1 is 1.29 bits per heavy atom. The van der Waals surface area contributed by atoms with Gasteiger partial charge < -0.3 is 10.6 Å². The van der Waals surface area contributed by atoms with Gasteiger partial charge in [0.1, 0.15) is 0 Å². The first-order valence-corrected chi connectivity index (χ1v) is 7.68. The average molecular weight is 254 g/mol. The predicted octanol–water partition coefficient (Wildman–Crippen LogP) is 1.53. The molecule has 4 heteroatoms. The topological polar surface area (TPSA) is 41.1 Å². The first-order chi connectivity index (χ1) is 8.04. The van der Waals surface area contributed by atoms with Gasteiger partial charge in [-0.1, -0.05) is 13.8 Å². The predicted molar refractivity (Wildman–Crippen MR) is 71.1 cm³/mol. The smallest absolute Gasteiger partial charge is 0.237 e. The van der Waals surface area contributed by atoms with Crippen molar-refractivity contribution in [1.29, 1.82) is 0 Å². The highest BCUT2D eigenvalue weighted by Crippen LogP contribution is 2.44. The molecule has 0 aromatic heterocycles. The van der Waals surface area contributed by atoms with Crippen LogP contribution in [0.5, 0.6) is 0 Å². The van der Waals surface area contributed by atoms with E-state index in [1.807, 2.05) is 0 Å². The lowest BCUT2D eigenvalue weighted by Crippen LogP contribution is -2.50. The number of rotatable bonds is 2. The molecule has 0 aliphatic carbocycles. The van der Waals surface area contributed by atoms with Crippen molar-refractivity contribution >= 4 is 17.7 Å². The second kappa shape index (κ2) is 4.16. The zero-order valence-corrected chi connectivity index (χ0v) is 11.5. The molecule has 0 aromatic carbocycles. The Kier molecular flexibility index (Phi) is 2.90. The van der Waals surface area contributed by atoms with Crippen LogP contribution in [0.4, 0.5) is 0 Å². The van der Waals surface area contributed by atoms with E-state index < -0.39 is 0 Å². The standard InChI is InChI=1S/C13H22N2OS/c1-13(2)7-14-12(16)11(13)15-8-5-9-3-4-10(6-8)17-9/h8-11,15H,3-7H2,1-2H3,(H,14,16). The fourth-order valence-electron chi connectivity index (χ4n) is 3.40. The van der Waals surface area contributed by atoms with E-state index in [0.717, 1.165) is 17.0 Å². The number of fused-ring (bicyclic) bond motifs is 2. The van der Waals surface area contributed by atoms with Crippen molar-refractivity contribution in [2.24, 2.45) is 5.41 Å². The third-order valence-electron chi connectivity index (χ3n) is 4.45. The van der Waals surface area contributed by atoms with E-state index in [0.29, 0.717) is 6.04 Å². The fourth-order valence-corrected chi connectivity index (χ4v) is 5.18. The molecule has 0 saturated carbocycles. The number of nitrogens with one attached hydrogen (secondary N) is 2. The van der Waals surface area contributed by atoms with Crippen LogP contribution in [0.1, 0.15) is 39.5 Å². The van der Waals surface area contributed by atoms with E-state index in [9.17, 15) is 4.79 Å². The molecule has 0 radical (unpaired) electrons. The fraction of sp³-hybridized carbons (Fsp3) is 0.923. The molecule has 1 amide bonds. The van der Waals surface area contributed by atoms with Gasteiger partial charge in [0.2, 0.25) is 5.91 Å². The SMILES string of the molecule is CC1(C)CNC(=O)C1NC1CC2CCC(C1)S2. The molecule has 3 aliphatic rings. The van der Waals surface area contributed by atoms with E-state index in [4.69, 9.17) is 0 Å². The van der Waals surface area contributed by atoms with E-state index >= 15 is 0 Å². The lowest BCUT2D eigenvalue weighted by Gasteiger charge is -2.33. The Balaban J connectivity index is 1.65. The summed E-state index contributed by atoms with van der Waals surface area (Å²) in [6, 6.07) is 0.567. The Bertz CT molecular complexity index is 319. The largest absolute Gasteiger partial charge is 0.354 e.